The summed E-state index contributed by atoms with van der Waals surface area (Å²) in [5.74, 6) is -1.70. The predicted octanol–water partition coefficient (Wildman–Crippen LogP) is 0.925. The molecule has 2 N–H and O–H groups in total. The molecular formula is C13H17NO6S. The van der Waals surface area contributed by atoms with Crippen LogP contribution < -0.4 is 4.72 Å². The Bertz CT molecular complexity index is 638. The minimum Gasteiger partial charge on any atom is -0.478 e. The van der Waals surface area contributed by atoms with E-state index in [2.05, 4.69) is 9.46 Å². The zero-order valence-electron chi connectivity index (χ0n) is 11.8. The maximum absolute atomic E-state index is 12.1. The van der Waals surface area contributed by atoms with Gasteiger partial charge in [-0.3, -0.25) is 4.79 Å². The lowest BCUT2D eigenvalue weighted by molar-refractivity contribution is -0.142. The number of ether oxygens (including phenoxy) is 1. The standard InChI is InChI=1S/C13H17NO6S/c1-3-20-12(15)7-8-14-21(18,19)11-6-4-5-10(9(11)2)13(16)17/h4-6,14H,3,7-8H2,1-2H3,(H,16,17). The van der Waals surface area contributed by atoms with Crippen molar-refractivity contribution in [2.45, 2.75) is 25.2 Å². The Hall–Kier alpha value is -1.93. The molecule has 0 amide bonds. The van der Waals surface area contributed by atoms with E-state index in [9.17, 15) is 18.0 Å². The summed E-state index contributed by atoms with van der Waals surface area (Å²) in [6.07, 6.45) is -0.0925. The molecule has 8 heteroatoms. The average Bonchev–Trinajstić information content (AvgIpc) is 2.38. The van der Waals surface area contributed by atoms with Crippen molar-refractivity contribution in [3.63, 3.8) is 0 Å². The van der Waals surface area contributed by atoms with Crippen molar-refractivity contribution in [3.05, 3.63) is 29.3 Å². The summed E-state index contributed by atoms with van der Waals surface area (Å²) in [5.41, 5.74) is 0.0666. The van der Waals surface area contributed by atoms with E-state index in [1.807, 2.05) is 0 Å². The first-order valence-corrected chi connectivity index (χ1v) is 7.76. The SMILES string of the molecule is CCOC(=O)CCNS(=O)(=O)c1cccc(C(=O)O)c1C. The van der Waals surface area contributed by atoms with E-state index in [1.54, 1.807) is 6.92 Å². The molecule has 1 rings (SSSR count). The number of carboxylic acid groups (broad SMARTS) is 1. The third-order valence-corrected chi connectivity index (χ3v) is 4.34. The molecule has 0 spiro atoms. The lowest BCUT2D eigenvalue weighted by Crippen LogP contribution is -2.27. The number of hydrogen-bond acceptors (Lipinski definition) is 5. The van der Waals surface area contributed by atoms with Crippen LogP contribution >= 0.6 is 0 Å². The van der Waals surface area contributed by atoms with Gasteiger partial charge >= 0.3 is 11.9 Å². The second-order valence-corrected chi connectivity index (χ2v) is 5.92. The third-order valence-electron chi connectivity index (χ3n) is 2.73. The van der Waals surface area contributed by atoms with Crippen molar-refractivity contribution >= 4 is 22.0 Å². The number of benzene rings is 1. The highest BCUT2D eigenvalue weighted by molar-refractivity contribution is 7.89. The summed E-state index contributed by atoms with van der Waals surface area (Å²) >= 11 is 0. The molecule has 0 heterocycles. The van der Waals surface area contributed by atoms with Crippen LogP contribution in [0.5, 0.6) is 0 Å². The maximum Gasteiger partial charge on any atom is 0.335 e. The molecule has 1 aromatic rings. The van der Waals surface area contributed by atoms with Crippen LogP contribution in [0.15, 0.2) is 23.1 Å². The van der Waals surface area contributed by atoms with Gasteiger partial charge in [0.1, 0.15) is 0 Å². The summed E-state index contributed by atoms with van der Waals surface area (Å²) in [7, 11) is -3.88. The highest BCUT2D eigenvalue weighted by Gasteiger charge is 2.20. The summed E-state index contributed by atoms with van der Waals surface area (Å²) in [5, 5.41) is 8.99. The van der Waals surface area contributed by atoms with Crippen molar-refractivity contribution in [2.75, 3.05) is 13.2 Å². The smallest absolute Gasteiger partial charge is 0.335 e. The van der Waals surface area contributed by atoms with Gasteiger partial charge in [0.25, 0.3) is 0 Å². The molecule has 0 aliphatic rings. The molecule has 0 saturated carbocycles. The summed E-state index contributed by atoms with van der Waals surface area (Å²) < 4.78 is 31.2. The number of rotatable bonds is 7. The van der Waals surface area contributed by atoms with Crippen LogP contribution in [0.4, 0.5) is 0 Å². The van der Waals surface area contributed by atoms with E-state index in [1.165, 1.54) is 25.1 Å². The van der Waals surface area contributed by atoms with E-state index in [4.69, 9.17) is 5.11 Å². The number of carbonyl (C=O) groups excluding carboxylic acids is 1. The average molecular weight is 315 g/mol. The minimum atomic E-state index is -3.88. The van der Waals surface area contributed by atoms with E-state index in [-0.39, 0.29) is 35.6 Å². The second-order valence-electron chi connectivity index (χ2n) is 4.19. The molecule has 0 aliphatic carbocycles. The third kappa shape index (κ3) is 4.54. The van der Waals surface area contributed by atoms with Crippen LogP contribution in [-0.4, -0.2) is 38.6 Å². The lowest BCUT2D eigenvalue weighted by Gasteiger charge is -2.10. The van der Waals surface area contributed by atoms with E-state index in [0.29, 0.717) is 0 Å². The molecular weight excluding hydrogens is 298 g/mol. The van der Waals surface area contributed by atoms with Gasteiger partial charge in [0.2, 0.25) is 10.0 Å². The van der Waals surface area contributed by atoms with E-state index < -0.39 is 22.0 Å². The molecule has 0 fully saturated rings. The monoisotopic (exact) mass is 315 g/mol. The van der Waals surface area contributed by atoms with Crippen molar-refractivity contribution < 1.29 is 27.9 Å². The highest BCUT2D eigenvalue weighted by Crippen LogP contribution is 2.18. The second kappa shape index (κ2) is 7.19. The molecule has 0 aromatic heterocycles. The fourth-order valence-electron chi connectivity index (χ4n) is 1.74. The Balaban J connectivity index is 2.87. The van der Waals surface area contributed by atoms with Crippen LogP contribution in [0, 0.1) is 6.92 Å². The van der Waals surface area contributed by atoms with Gasteiger partial charge in [-0.15, -0.1) is 0 Å². The quantitative estimate of drug-likeness (QED) is 0.724. The van der Waals surface area contributed by atoms with Crippen LogP contribution in [0.1, 0.15) is 29.3 Å². The van der Waals surface area contributed by atoms with Crippen molar-refractivity contribution in [1.29, 1.82) is 0 Å². The van der Waals surface area contributed by atoms with Gasteiger partial charge in [0.05, 0.1) is 23.5 Å². The molecule has 0 aliphatic heterocycles. The predicted molar refractivity (Wildman–Crippen MR) is 74.6 cm³/mol. The van der Waals surface area contributed by atoms with Crippen molar-refractivity contribution in [1.82, 2.24) is 4.72 Å². The number of esters is 1. The number of carboxylic acids is 1. The molecule has 116 valence electrons. The number of hydrogen-bond donors (Lipinski definition) is 2. The highest BCUT2D eigenvalue weighted by atomic mass is 32.2. The number of carbonyl (C=O) groups is 2. The first-order chi connectivity index (χ1) is 9.79. The fourth-order valence-corrected chi connectivity index (χ4v) is 3.03. The maximum atomic E-state index is 12.1. The normalized spacial score (nSPS) is 11.1. The summed E-state index contributed by atoms with van der Waals surface area (Å²) in [6.45, 7) is 3.19. The van der Waals surface area contributed by atoms with E-state index in [0.717, 1.165) is 0 Å². The molecule has 7 nitrogen and oxygen atoms in total. The molecule has 0 atom stereocenters. The number of sulfonamides is 1. The lowest BCUT2D eigenvalue weighted by atomic mass is 10.1. The number of nitrogens with one attached hydrogen (secondary N) is 1. The van der Waals surface area contributed by atoms with Gasteiger partial charge in [-0.25, -0.2) is 17.9 Å². The van der Waals surface area contributed by atoms with Gasteiger partial charge < -0.3 is 9.84 Å². The largest absolute Gasteiger partial charge is 0.478 e. The van der Waals surface area contributed by atoms with E-state index >= 15 is 0 Å². The summed E-state index contributed by atoms with van der Waals surface area (Å²) in [6, 6.07) is 4.00. The molecule has 21 heavy (non-hydrogen) atoms. The molecule has 1 aromatic carbocycles. The number of aromatic carboxylic acids is 1. The Kier molecular flexibility index (Phi) is 5.86. The van der Waals surface area contributed by atoms with Gasteiger partial charge in [-0.2, -0.15) is 0 Å². The van der Waals surface area contributed by atoms with Crippen LogP contribution in [0.25, 0.3) is 0 Å². The van der Waals surface area contributed by atoms with Crippen LogP contribution in [0.3, 0.4) is 0 Å². The Morgan fingerprint density at radius 2 is 2.00 bits per heavy atom. The Morgan fingerprint density at radius 3 is 2.57 bits per heavy atom. The van der Waals surface area contributed by atoms with Gasteiger partial charge in [-0.1, -0.05) is 6.07 Å². The van der Waals surface area contributed by atoms with Gasteiger partial charge in [0.15, 0.2) is 0 Å². The topological polar surface area (TPSA) is 110 Å². The Morgan fingerprint density at radius 1 is 1.33 bits per heavy atom. The van der Waals surface area contributed by atoms with Gasteiger partial charge in [0, 0.05) is 6.54 Å². The zero-order chi connectivity index (χ0) is 16.0. The fraction of sp³-hybridized carbons (Fsp3) is 0.385. The first-order valence-electron chi connectivity index (χ1n) is 6.27. The van der Waals surface area contributed by atoms with Gasteiger partial charge in [-0.05, 0) is 31.5 Å². The first kappa shape index (κ1) is 17.1. The summed E-state index contributed by atoms with van der Waals surface area (Å²) in [4.78, 5) is 22.0. The Labute approximate surface area is 123 Å². The zero-order valence-corrected chi connectivity index (χ0v) is 12.6. The van der Waals surface area contributed by atoms with Crippen LogP contribution in [0.2, 0.25) is 0 Å². The molecule has 0 unspecified atom stereocenters. The molecule has 0 bridgehead atoms. The molecule has 0 radical (unpaired) electrons. The van der Waals surface area contributed by atoms with Crippen LogP contribution in [-0.2, 0) is 19.6 Å². The van der Waals surface area contributed by atoms with Crippen molar-refractivity contribution in [2.24, 2.45) is 0 Å². The van der Waals surface area contributed by atoms with Crippen molar-refractivity contribution in [3.8, 4) is 0 Å². The molecule has 0 saturated heterocycles. The minimum absolute atomic E-state index is 0.0803.